The zero-order chi connectivity index (χ0) is 12.9. The average Bonchev–Trinajstić information content (AvgIpc) is 2.23. The zero-order valence-corrected chi connectivity index (χ0v) is 13.8. The molecule has 0 amide bonds. The van der Waals surface area contributed by atoms with Crippen LogP contribution in [-0.2, 0) is 4.79 Å². The summed E-state index contributed by atoms with van der Waals surface area (Å²) in [5.41, 5.74) is 0.671. The minimum Gasteiger partial charge on any atom is -0.386 e. The highest BCUT2D eigenvalue weighted by atomic mass is 31.0. The van der Waals surface area contributed by atoms with Crippen LogP contribution in [0.1, 0.15) is 34.6 Å². The second kappa shape index (κ2) is 20.1. The molecule has 0 rings (SSSR count). The first kappa shape index (κ1) is 24.7. The van der Waals surface area contributed by atoms with E-state index in [1.807, 2.05) is 20.8 Å². The minimum atomic E-state index is 0. The standard InChI is InChI=1S/C6H11NO.C4H11N.C2H6.H3P/c1-4-6(7-3)5(2)8;1-4-5(2)3;1-2;/h4,7H,1-3H3;4H2,1-3H3;1-2H3;1H3/b6-4-;;;. The quantitative estimate of drug-likeness (QED) is 0.616. The van der Waals surface area contributed by atoms with Crippen molar-refractivity contribution >= 4 is 15.7 Å². The summed E-state index contributed by atoms with van der Waals surface area (Å²) in [5, 5.41) is 2.76. The fourth-order valence-corrected chi connectivity index (χ4v) is 0.524. The molecule has 0 aromatic carbocycles. The molecule has 100 valence electrons. The summed E-state index contributed by atoms with van der Waals surface area (Å²) in [5.74, 6) is 0.0787. The Hall–Kier alpha value is -0.400. The third-order valence-corrected chi connectivity index (χ3v) is 1.57. The maximum Gasteiger partial charge on any atom is 0.175 e. The van der Waals surface area contributed by atoms with Gasteiger partial charge in [0.1, 0.15) is 0 Å². The maximum absolute atomic E-state index is 10.5. The van der Waals surface area contributed by atoms with Crippen LogP contribution < -0.4 is 5.32 Å². The lowest BCUT2D eigenvalue weighted by Crippen LogP contribution is -2.12. The van der Waals surface area contributed by atoms with Crippen LogP contribution in [0.4, 0.5) is 0 Å². The van der Waals surface area contributed by atoms with Gasteiger partial charge in [-0.3, -0.25) is 4.79 Å². The van der Waals surface area contributed by atoms with Crippen molar-refractivity contribution in [1.29, 1.82) is 0 Å². The summed E-state index contributed by atoms with van der Waals surface area (Å²) in [6.45, 7) is 10.6. The number of likely N-dealkylation sites (N-methyl/N-ethyl adjacent to an activating group) is 1. The molecular weight excluding hydrogens is 219 g/mol. The van der Waals surface area contributed by atoms with Crippen molar-refractivity contribution in [3.63, 3.8) is 0 Å². The Morgan fingerprint density at radius 3 is 1.62 bits per heavy atom. The molecule has 0 aliphatic rings. The fraction of sp³-hybridized carbons (Fsp3) is 0.750. The van der Waals surface area contributed by atoms with Gasteiger partial charge in [0.2, 0.25) is 0 Å². The van der Waals surface area contributed by atoms with Gasteiger partial charge >= 0.3 is 0 Å². The second-order valence-electron chi connectivity index (χ2n) is 2.90. The fourth-order valence-electron chi connectivity index (χ4n) is 0.524. The Bertz CT molecular complexity index is 168. The van der Waals surface area contributed by atoms with Crippen molar-refractivity contribution in [1.82, 2.24) is 10.2 Å². The van der Waals surface area contributed by atoms with Crippen LogP contribution in [0.25, 0.3) is 0 Å². The molecule has 0 aliphatic carbocycles. The Balaban J connectivity index is -0.0000000786. The van der Waals surface area contributed by atoms with Crippen molar-refractivity contribution < 1.29 is 4.79 Å². The van der Waals surface area contributed by atoms with Gasteiger partial charge in [-0.15, -0.1) is 0 Å². The molecule has 3 nitrogen and oxygen atoms in total. The number of ketones is 1. The van der Waals surface area contributed by atoms with Crippen LogP contribution in [0.15, 0.2) is 11.8 Å². The van der Waals surface area contributed by atoms with Crippen LogP contribution in [0, 0.1) is 0 Å². The molecule has 16 heavy (non-hydrogen) atoms. The van der Waals surface area contributed by atoms with Gasteiger partial charge in [0.25, 0.3) is 0 Å². The van der Waals surface area contributed by atoms with Crippen molar-refractivity contribution in [2.75, 3.05) is 27.7 Å². The van der Waals surface area contributed by atoms with Crippen LogP contribution in [-0.4, -0.2) is 38.4 Å². The Labute approximate surface area is 105 Å². The van der Waals surface area contributed by atoms with E-state index in [2.05, 4.69) is 31.2 Å². The van der Waals surface area contributed by atoms with Crippen molar-refractivity contribution in [3.8, 4) is 0 Å². The highest BCUT2D eigenvalue weighted by Gasteiger charge is 1.94. The van der Waals surface area contributed by atoms with E-state index in [4.69, 9.17) is 0 Å². The number of carbonyl (C=O) groups is 1. The normalized spacial score (nSPS) is 8.94. The first-order chi connectivity index (χ1) is 6.99. The monoisotopic (exact) mass is 250 g/mol. The second-order valence-corrected chi connectivity index (χ2v) is 2.90. The third-order valence-electron chi connectivity index (χ3n) is 1.57. The summed E-state index contributed by atoms with van der Waals surface area (Å²) in [6, 6.07) is 0. The largest absolute Gasteiger partial charge is 0.386 e. The van der Waals surface area contributed by atoms with E-state index in [0.29, 0.717) is 5.70 Å². The molecule has 0 fully saturated rings. The molecule has 0 radical (unpaired) electrons. The summed E-state index contributed by atoms with van der Waals surface area (Å²) in [6.07, 6.45) is 1.75. The van der Waals surface area contributed by atoms with Gasteiger partial charge in [-0.1, -0.05) is 26.8 Å². The summed E-state index contributed by atoms with van der Waals surface area (Å²) in [4.78, 5) is 12.6. The van der Waals surface area contributed by atoms with E-state index in [9.17, 15) is 4.79 Å². The van der Waals surface area contributed by atoms with Gasteiger partial charge < -0.3 is 10.2 Å². The molecule has 0 saturated carbocycles. The molecule has 0 aliphatic heterocycles. The van der Waals surface area contributed by atoms with Crippen LogP contribution in [0.5, 0.6) is 0 Å². The number of hydrogen-bond acceptors (Lipinski definition) is 3. The van der Waals surface area contributed by atoms with Crippen molar-refractivity contribution in [2.24, 2.45) is 0 Å². The van der Waals surface area contributed by atoms with Gasteiger partial charge in [-0.25, -0.2) is 0 Å². The number of hydrogen-bond donors (Lipinski definition) is 1. The molecule has 1 unspecified atom stereocenters. The van der Waals surface area contributed by atoms with Gasteiger partial charge in [-0.05, 0) is 27.6 Å². The number of carbonyl (C=O) groups excluding carboxylic acids is 1. The number of rotatable bonds is 3. The number of nitrogens with zero attached hydrogens (tertiary/aromatic N) is 1. The summed E-state index contributed by atoms with van der Waals surface area (Å²) in [7, 11) is 5.84. The smallest absolute Gasteiger partial charge is 0.175 e. The van der Waals surface area contributed by atoms with E-state index in [1.54, 1.807) is 13.1 Å². The van der Waals surface area contributed by atoms with Gasteiger partial charge in [0.05, 0.1) is 5.70 Å². The Morgan fingerprint density at radius 1 is 1.31 bits per heavy atom. The zero-order valence-electron chi connectivity index (χ0n) is 12.3. The molecule has 0 spiro atoms. The molecule has 0 aromatic rings. The van der Waals surface area contributed by atoms with Crippen LogP contribution in [0.3, 0.4) is 0 Å². The van der Waals surface area contributed by atoms with Crippen LogP contribution in [0.2, 0.25) is 0 Å². The van der Waals surface area contributed by atoms with E-state index in [1.165, 1.54) is 6.92 Å². The van der Waals surface area contributed by atoms with E-state index >= 15 is 0 Å². The van der Waals surface area contributed by atoms with Gasteiger partial charge in [0, 0.05) is 14.0 Å². The number of allylic oxidation sites excluding steroid dienone is 2. The highest BCUT2D eigenvalue weighted by molar-refractivity contribution is 6.92. The summed E-state index contributed by atoms with van der Waals surface area (Å²) >= 11 is 0. The van der Waals surface area contributed by atoms with Crippen molar-refractivity contribution in [3.05, 3.63) is 11.8 Å². The SMILES string of the molecule is C/C=C(\NC)C(C)=O.CC.CCN(C)C.P. The Morgan fingerprint density at radius 2 is 1.62 bits per heavy atom. The predicted octanol–water partition coefficient (Wildman–Crippen LogP) is 2.35. The molecule has 0 aromatic heterocycles. The molecule has 4 heteroatoms. The number of Topliss-reactive ketones (excluding diaryl/α,β-unsaturated/α-hetero) is 1. The molecule has 1 atom stereocenters. The average molecular weight is 250 g/mol. The molecule has 0 heterocycles. The molecule has 1 N–H and O–H groups in total. The topological polar surface area (TPSA) is 32.3 Å². The molecule has 0 saturated heterocycles. The lowest BCUT2D eigenvalue weighted by molar-refractivity contribution is -0.113. The summed E-state index contributed by atoms with van der Waals surface area (Å²) < 4.78 is 0. The maximum atomic E-state index is 10.5. The third kappa shape index (κ3) is 23.4. The van der Waals surface area contributed by atoms with Crippen molar-refractivity contribution in [2.45, 2.75) is 34.6 Å². The predicted molar refractivity (Wildman–Crippen MR) is 80.2 cm³/mol. The van der Waals surface area contributed by atoms with Gasteiger partial charge in [-0.2, -0.15) is 9.90 Å². The molecular formula is C12H31N2OP. The number of nitrogens with one attached hydrogen (secondary N) is 1. The lowest BCUT2D eigenvalue weighted by atomic mass is 10.3. The van der Waals surface area contributed by atoms with E-state index < -0.39 is 0 Å². The van der Waals surface area contributed by atoms with E-state index in [-0.39, 0.29) is 15.7 Å². The van der Waals surface area contributed by atoms with Crippen LogP contribution >= 0.6 is 9.90 Å². The van der Waals surface area contributed by atoms with Gasteiger partial charge in [0.15, 0.2) is 5.78 Å². The first-order valence-corrected chi connectivity index (χ1v) is 5.49. The highest BCUT2D eigenvalue weighted by Crippen LogP contribution is 1.86. The minimum absolute atomic E-state index is 0. The first-order valence-electron chi connectivity index (χ1n) is 5.49. The van der Waals surface area contributed by atoms with E-state index in [0.717, 1.165) is 6.54 Å². The molecule has 0 bridgehead atoms. The Kier molecular flexibility index (Phi) is 31.0. The lowest BCUT2D eigenvalue weighted by Gasteiger charge is -2.00.